The van der Waals surface area contributed by atoms with Crippen LogP contribution >= 0.6 is 11.3 Å². The van der Waals surface area contributed by atoms with Crippen molar-refractivity contribution in [3.05, 3.63) is 69.3 Å². The summed E-state index contributed by atoms with van der Waals surface area (Å²) in [6, 6.07) is 8.62. The van der Waals surface area contributed by atoms with Crippen LogP contribution in [0.15, 0.2) is 40.1 Å². The van der Waals surface area contributed by atoms with Crippen LogP contribution in [0.1, 0.15) is 88.4 Å². The van der Waals surface area contributed by atoms with Crippen molar-refractivity contribution in [2.45, 2.75) is 58.5 Å². The first-order valence-corrected chi connectivity index (χ1v) is 18.0. The van der Waals surface area contributed by atoms with Crippen LogP contribution in [-0.2, 0) is 16.0 Å². The highest BCUT2D eigenvalue weighted by molar-refractivity contribution is 7.09. The molecule has 1 saturated heterocycles. The number of nitrogens with zero attached hydrogens (tertiary/aromatic N) is 5. The molecule has 13 nitrogen and oxygen atoms in total. The largest absolute Gasteiger partial charge is 0.443 e. The molecule has 3 aromatic rings. The van der Waals surface area contributed by atoms with E-state index in [4.69, 9.17) is 4.42 Å². The third-order valence-corrected chi connectivity index (χ3v) is 9.87. The molecule has 1 aromatic carbocycles. The van der Waals surface area contributed by atoms with E-state index in [-0.39, 0.29) is 60.4 Å². The Labute approximate surface area is 291 Å². The Morgan fingerprint density at radius 1 is 0.980 bits per heavy atom. The molecule has 49 heavy (non-hydrogen) atoms. The van der Waals surface area contributed by atoms with Gasteiger partial charge in [0.05, 0.1) is 12.6 Å². The predicted molar refractivity (Wildman–Crippen MR) is 186 cm³/mol. The van der Waals surface area contributed by atoms with E-state index in [0.29, 0.717) is 36.7 Å². The van der Waals surface area contributed by atoms with Crippen LogP contribution in [0.5, 0.6) is 0 Å². The molecule has 2 aliphatic heterocycles. The van der Waals surface area contributed by atoms with Crippen molar-refractivity contribution < 1.29 is 23.6 Å². The molecule has 3 N–H and O–H groups in total. The number of thiazole rings is 1. The molecule has 4 amide bonds. The SMILES string of the molecule is Cc1oc2nc1C(=O)N[C@@H](C(C)C)c1nc(cs1)C(=O)NCCN(C(=O)CN1CCCN(C)CC1)CCCC(=O)N[C@H]2Cc1ccccc1. The number of amides is 4. The number of nitrogens with one attached hydrogen (secondary N) is 3. The summed E-state index contributed by atoms with van der Waals surface area (Å²) in [4.78, 5) is 69.0. The molecule has 0 spiro atoms. The number of rotatable bonds is 5. The van der Waals surface area contributed by atoms with E-state index in [1.165, 1.54) is 11.3 Å². The van der Waals surface area contributed by atoms with Gasteiger partial charge >= 0.3 is 0 Å². The van der Waals surface area contributed by atoms with Gasteiger partial charge in [-0.15, -0.1) is 11.3 Å². The second-order valence-corrected chi connectivity index (χ2v) is 14.1. The summed E-state index contributed by atoms with van der Waals surface area (Å²) in [5, 5.41) is 11.3. The summed E-state index contributed by atoms with van der Waals surface area (Å²) in [7, 11) is 2.09. The number of fused-ring (bicyclic) bond motifs is 4. The van der Waals surface area contributed by atoms with Crippen molar-refractivity contribution >= 4 is 35.0 Å². The molecular formula is C35H48N8O5S. The third-order valence-electron chi connectivity index (χ3n) is 8.94. The molecule has 2 aliphatic rings. The Balaban J connectivity index is 1.40. The van der Waals surface area contributed by atoms with Crippen molar-refractivity contribution in [3.8, 4) is 0 Å². The van der Waals surface area contributed by atoms with Crippen LogP contribution in [0, 0.1) is 12.8 Å². The highest BCUT2D eigenvalue weighted by atomic mass is 32.1. The molecular weight excluding hydrogens is 645 g/mol. The minimum absolute atomic E-state index is 0.0300. The molecule has 0 radical (unpaired) electrons. The van der Waals surface area contributed by atoms with Gasteiger partial charge in [-0.3, -0.25) is 24.1 Å². The van der Waals surface area contributed by atoms with Crippen LogP contribution in [0.4, 0.5) is 0 Å². The standard InChI is InChI=1S/C35H48N8O5S/c1-23(2)30-35-38-27(22-49-35)32(46)36-13-17-43(29(45)21-42-15-9-14-41(4)18-19-42)16-8-12-28(44)37-26(20-25-10-6-5-7-11-25)34-40-31(24(3)48-34)33(47)39-30/h5-7,10-11,22-23,26,30H,8-9,12-21H2,1-4H3,(H,36,46)(H,37,44)(H,39,47)/t26-,30-/m0/s1. The van der Waals surface area contributed by atoms with Gasteiger partial charge in [0.25, 0.3) is 11.8 Å². The average molecular weight is 693 g/mol. The van der Waals surface area contributed by atoms with E-state index in [9.17, 15) is 19.2 Å². The minimum Gasteiger partial charge on any atom is -0.443 e. The van der Waals surface area contributed by atoms with Gasteiger partial charge in [-0.2, -0.15) is 0 Å². The Hall–Kier alpha value is -4.14. The minimum atomic E-state index is -0.614. The van der Waals surface area contributed by atoms with Crippen molar-refractivity contribution in [1.82, 2.24) is 40.6 Å². The number of hydrogen-bond donors (Lipinski definition) is 3. The molecule has 2 atom stereocenters. The lowest BCUT2D eigenvalue weighted by atomic mass is 10.0. The van der Waals surface area contributed by atoms with Gasteiger partial charge in [-0.1, -0.05) is 44.2 Å². The van der Waals surface area contributed by atoms with Gasteiger partial charge in [0, 0.05) is 50.9 Å². The molecule has 2 aromatic heterocycles. The lowest BCUT2D eigenvalue weighted by Gasteiger charge is -2.27. The first-order chi connectivity index (χ1) is 23.6. The number of hydrogen-bond acceptors (Lipinski definition) is 10. The van der Waals surface area contributed by atoms with Crippen LogP contribution in [0.25, 0.3) is 0 Å². The number of oxazole rings is 1. The number of carbonyl (C=O) groups excluding carboxylic acids is 4. The molecule has 1 fully saturated rings. The fraction of sp³-hybridized carbons (Fsp3) is 0.543. The van der Waals surface area contributed by atoms with Crippen molar-refractivity contribution in [2.75, 3.05) is 59.4 Å². The summed E-state index contributed by atoms with van der Waals surface area (Å²) in [6.45, 7) is 10.3. The molecule has 0 aliphatic carbocycles. The van der Waals surface area contributed by atoms with Crippen molar-refractivity contribution in [1.29, 1.82) is 0 Å². The van der Waals surface area contributed by atoms with E-state index in [1.807, 2.05) is 44.2 Å². The number of aryl methyl sites for hydroxylation is 1. The van der Waals surface area contributed by atoms with Gasteiger partial charge in [0.15, 0.2) is 5.69 Å². The van der Waals surface area contributed by atoms with Gasteiger partial charge < -0.3 is 30.2 Å². The summed E-state index contributed by atoms with van der Waals surface area (Å²) in [6.07, 6.45) is 2.00. The van der Waals surface area contributed by atoms with E-state index in [2.05, 4.69) is 42.8 Å². The molecule has 0 saturated carbocycles. The zero-order valence-corrected chi connectivity index (χ0v) is 29.7. The van der Waals surface area contributed by atoms with Gasteiger partial charge in [-0.25, -0.2) is 9.97 Å². The Kier molecular flexibility index (Phi) is 12.5. The topological polar surface area (TPSA) is 153 Å². The second kappa shape index (κ2) is 17.0. The van der Waals surface area contributed by atoms with Crippen LogP contribution in [0.2, 0.25) is 0 Å². The van der Waals surface area contributed by atoms with Crippen LogP contribution in [0.3, 0.4) is 0 Å². The van der Waals surface area contributed by atoms with E-state index < -0.39 is 18.0 Å². The smallest absolute Gasteiger partial charge is 0.274 e. The maximum absolute atomic E-state index is 13.6. The monoisotopic (exact) mass is 692 g/mol. The number of likely N-dealkylation sites (N-methyl/N-ethyl adjacent to an activating group) is 1. The van der Waals surface area contributed by atoms with Gasteiger partial charge in [-0.05, 0) is 51.4 Å². The quantitative estimate of drug-likeness (QED) is 0.367. The van der Waals surface area contributed by atoms with Gasteiger partial charge in [0.1, 0.15) is 22.5 Å². The molecule has 264 valence electrons. The van der Waals surface area contributed by atoms with E-state index in [1.54, 1.807) is 17.2 Å². The fourth-order valence-corrected chi connectivity index (χ4v) is 7.11. The molecule has 5 rings (SSSR count). The van der Waals surface area contributed by atoms with E-state index >= 15 is 0 Å². The zero-order valence-electron chi connectivity index (χ0n) is 28.9. The average Bonchev–Trinajstić information content (AvgIpc) is 3.66. The fourth-order valence-electron chi connectivity index (χ4n) is 6.09. The Bertz CT molecular complexity index is 1590. The number of carbonyl (C=O) groups is 4. The molecule has 14 heteroatoms. The highest BCUT2D eigenvalue weighted by Gasteiger charge is 2.29. The van der Waals surface area contributed by atoms with Crippen LogP contribution in [-0.4, -0.2) is 108 Å². The number of benzene rings is 1. The third kappa shape index (κ3) is 9.96. The molecule has 4 heterocycles. The summed E-state index contributed by atoms with van der Waals surface area (Å²) >= 11 is 1.30. The first-order valence-electron chi connectivity index (χ1n) is 17.1. The second-order valence-electron chi connectivity index (χ2n) is 13.2. The first kappa shape index (κ1) is 36.1. The summed E-state index contributed by atoms with van der Waals surface area (Å²) in [5.41, 5.74) is 1.35. The Morgan fingerprint density at radius 2 is 1.78 bits per heavy atom. The normalized spacial score (nSPS) is 21.1. The van der Waals surface area contributed by atoms with Crippen molar-refractivity contribution in [3.63, 3.8) is 0 Å². The van der Waals surface area contributed by atoms with E-state index in [0.717, 1.165) is 38.2 Å². The highest BCUT2D eigenvalue weighted by Crippen LogP contribution is 2.27. The maximum atomic E-state index is 13.6. The lowest BCUT2D eigenvalue weighted by molar-refractivity contribution is -0.133. The van der Waals surface area contributed by atoms with Crippen LogP contribution < -0.4 is 16.0 Å². The molecule has 4 bridgehead atoms. The maximum Gasteiger partial charge on any atom is 0.274 e. The Morgan fingerprint density at radius 3 is 2.55 bits per heavy atom. The lowest BCUT2D eigenvalue weighted by Crippen LogP contribution is -2.45. The zero-order chi connectivity index (χ0) is 34.9. The van der Waals surface area contributed by atoms with Crippen molar-refractivity contribution in [2.24, 2.45) is 5.92 Å². The summed E-state index contributed by atoms with van der Waals surface area (Å²) < 4.78 is 6.03. The predicted octanol–water partition coefficient (Wildman–Crippen LogP) is 2.96. The van der Waals surface area contributed by atoms with Gasteiger partial charge in [0.2, 0.25) is 17.7 Å². The number of aromatic nitrogens is 2. The summed E-state index contributed by atoms with van der Waals surface area (Å²) in [5.74, 6) is -0.492. The molecule has 0 unspecified atom stereocenters.